The van der Waals surface area contributed by atoms with E-state index in [1.165, 1.54) is 0 Å². The van der Waals surface area contributed by atoms with Crippen molar-refractivity contribution in [2.45, 2.75) is 6.92 Å². The molecule has 5 heteroatoms. The third-order valence-electron chi connectivity index (χ3n) is 2.08. The fourth-order valence-corrected chi connectivity index (χ4v) is 1.52. The molecular formula is C12H10ClN3O. The highest BCUT2D eigenvalue weighted by Crippen LogP contribution is 2.10. The van der Waals surface area contributed by atoms with E-state index in [4.69, 9.17) is 11.6 Å². The number of aromatic nitrogens is 2. The Balaban J connectivity index is 2.17. The summed E-state index contributed by atoms with van der Waals surface area (Å²) in [6, 6.07) is 6.73. The smallest absolute Gasteiger partial charge is 0.274 e. The van der Waals surface area contributed by atoms with E-state index in [0.717, 1.165) is 5.56 Å². The van der Waals surface area contributed by atoms with Gasteiger partial charge in [-0.05, 0) is 30.7 Å². The molecule has 2 aromatic rings. The van der Waals surface area contributed by atoms with Crippen molar-refractivity contribution in [3.05, 3.63) is 53.1 Å². The highest BCUT2D eigenvalue weighted by atomic mass is 35.5. The van der Waals surface area contributed by atoms with Gasteiger partial charge in [0.2, 0.25) is 0 Å². The first-order chi connectivity index (χ1) is 8.15. The van der Waals surface area contributed by atoms with Crippen LogP contribution in [0.25, 0.3) is 0 Å². The zero-order chi connectivity index (χ0) is 12.3. The van der Waals surface area contributed by atoms with Gasteiger partial charge >= 0.3 is 0 Å². The molecule has 0 atom stereocenters. The summed E-state index contributed by atoms with van der Waals surface area (Å²) in [4.78, 5) is 19.7. The number of anilines is 1. The number of rotatable bonds is 2. The van der Waals surface area contributed by atoms with Gasteiger partial charge in [-0.3, -0.25) is 9.78 Å². The molecule has 0 saturated carbocycles. The number of aryl methyl sites for hydroxylation is 1. The van der Waals surface area contributed by atoms with Crippen LogP contribution in [0.15, 0.2) is 36.7 Å². The fraction of sp³-hybridized carbons (Fsp3) is 0.0833. The molecule has 1 amide bonds. The van der Waals surface area contributed by atoms with E-state index in [1.807, 2.05) is 13.0 Å². The zero-order valence-electron chi connectivity index (χ0n) is 9.14. The summed E-state index contributed by atoms with van der Waals surface area (Å²) in [5.74, 6) is -0.306. The molecule has 4 nitrogen and oxygen atoms in total. The summed E-state index contributed by atoms with van der Waals surface area (Å²) >= 11 is 5.71. The Bertz CT molecular complexity index is 557. The summed E-state index contributed by atoms with van der Waals surface area (Å²) in [5.41, 5.74) is 1.89. The highest BCUT2D eigenvalue weighted by Gasteiger charge is 2.08. The van der Waals surface area contributed by atoms with Gasteiger partial charge in [-0.15, -0.1) is 0 Å². The maximum absolute atomic E-state index is 11.8. The fourth-order valence-electron chi connectivity index (χ4n) is 1.35. The van der Waals surface area contributed by atoms with E-state index in [0.29, 0.717) is 10.8 Å². The number of hydrogen-bond donors (Lipinski definition) is 1. The molecule has 0 unspecified atom stereocenters. The SMILES string of the molecule is Cc1cncc(NC(=O)c2cccc(Cl)n2)c1. The zero-order valence-corrected chi connectivity index (χ0v) is 9.90. The molecule has 0 fully saturated rings. The van der Waals surface area contributed by atoms with Crippen LogP contribution in [0.3, 0.4) is 0 Å². The number of halogens is 1. The van der Waals surface area contributed by atoms with E-state index >= 15 is 0 Å². The van der Waals surface area contributed by atoms with Crippen LogP contribution in [-0.4, -0.2) is 15.9 Å². The second-order valence-electron chi connectivity index (χ2n) is 3.55. The summed E-state index contributed by atoms with van der Waals surface area (Å²) in [5, 5.41) is 3.00. The van der Waals surface area contributed by atoms with Crippen LogP contribution >= 0.6 is 11.6 Å². The Morgan fingerprint density at radius 1 is 1.35 bits per heavy atom. The van der Waals surface area contributed by atoms with Crippen molar-refractivity contribution in [2.24, 2.45) is 0 Å². The van der Waals surface area contributed by atoms with Crippen molar-refractivity contribution in [3.8, 4) is 0 Å². The van der Waals surface area contributed by atoms with Gasteiger partial charge in [-0.1, -0.05) is 17.7 Å². The lowest BCUT2D eigenvalue weighted by molar-refractivity contribution is 0.102. The van der Waals surface area contributed by atoms with Crippen LogP contribution in [0.4, 0.5) is 5.69 Å². The Morgan fingerprint density at radius 3 is 2.88 bits per heavy atom. The first-order valence-electron chi connectivity index (χ1n) is 5.01. The predicted molar refractivity (Wildman–Crippen MR) is 66.2 cm³/mol. The van der Waals surface area contributed by atoms with Crippen LogP contribution in [0.2, 0.25) is 5.15 Å². The molecule has 0 aromatic carbocycles. The molecule has 0 spiro atoms. The first kappa shape index (κ1) is 11.5. The van der Waals surface area contributed by atoms with Gasteiger partial charge < -0.3 is 5.32 Å². The van der Waals surface area contributed by atoms with E-state index in [-0.39, 0.29) is 11.6 Å². The predicted octanol–water partition coefficient (Wildman–Crippen LogP) is 2.69. The monoisotopic (exact) mass is 247 g/mol. The lowest BCUT2D eigenvalue weighted by Crippen LogP contribution is -2.13. The van der Waals surface area contributed by atoms with Crippen molar-refractivity contribution in [2.75, 3.05) is 5.32 Å². The van der Waals surface area contributed by atoms with Crippen molar-refractivity contribution in [3.63, 3.8) is 0 Å². The summed E-state index contributed by atoms with van der Waals surface area (Å²) in [6.07, 6.45) is 3.29. The van der Waals surface area contributed by atoms with Crippen LogP contribution in [0.1, 0.15) is 16.1 Å². The van der Waals surface area contributed by atoms with Crippen molar-refractivity contribution in [1.29, 1.82) is 0 Å². The minimum atomic E-state index is -0.306. The molecule has 2 heterocycles. The van der Waals surface area contributed by atoms with E-state index in [1.54, 1.807) is 30.6 Å². The minimum absolute atomic E-state index is 0.277. The van der Waals surface area contributed by atoms with Crippen molar-refractivity contribution >= 4 is 23.2 Å². The molecular weight excluding hydrogens is 238 g/mol. The molecule has 2 rings (SSSR count). The third-order valence-corrected chi connectivity index (χ3v) is 2.29. The number of carbonyl (C=O) groups excluding carboxylic acids is 1. The van der Waals surface area contributed by atoms with Crippen LogP contribution < -0.4 is 5.32 Å². The average molecular weight is 248 g/mol. The number of nitrogens with zero attached hydrogens (tertiary/aromatic N) is 2. The number of nitrogens with one attached hydrogen (secondary N) is 1. The van der Waals surface area contributed by atoms with Gasteiger partial charge in [-0.2, -0.15) is 0 Å². The molecule has 0 radical (unpaired) electrons. The largest absolute Gasteiger partial charge is 0.319 e. The molecule has 0 bridgehead atoms. The molecule has 86 valence electrons. The van der Waals surface area contributed by atoms with Crippen LogP contribution in [0, 0.1) is 6.92 Å². The number of pyridine rings is 2. The number of carbonyl (C=O) groups is 1. The lowest BCUT2D eigenvalue weighted by atomic mass is 10.3. The summed E-state index contributed by atoms with van der Waals surface area (Å²) < 4.78 is 0. The Morgan fingerprint density at radius 2 is 2.18 bits per heavy atom. The quantitative estimate of drug-likeness (QED) is 0.830. The van der Waals surface area contributed by atoms with E-state index < -0.39 is 0 Å². The average Bonchev–Trinajstić information content (AvgIpc) is 2.29. The van der Waals surface area contributed by atoms with Crippen LogP contribution in [-0.2, 0) is 0 Å². The molecule has 17 heavy (non-hydrogen) atoms. The number of amides is 1. The Hall–Kier alpha value is -1.94. The second kappa shape index (κ2) is 4.93. The van der Waals surface area contributed by atoms with Gasteiger partial charge in [-0.25, -0.2) is 4.98 Å². The van der Waals surface area contributed by atoms with E-state index in [2.05, 4.69) is 15.3 Å². The van der Waals surface area contributed by atoms with Gasteiger partial charge in [0.25, 0.3) is 5.91 Å². The first-order valence-corrected chi connectivity index (χ1v) is 5.38. The standard InChI is InChI=1S/C12H10ClN3O/c1-8-5-9(7-14-6-8)15-12(17)10-3-2-4-11(13)16-10/h2-7H,1H3,(H,15,17). The van der Waals surface area contributed by atoms with Gasteiger partial charge in [0.05, 0.1) is 11.9 Å². The Labute approximate surface area is 104 Å². The van der Waals surface area contributed by atoms with E-state index in [9.17, 15) is 4.79 Å². The summed E-state index contributed by atoms with van der Waals surface area (Å²) in [6.45, 7) is 1.90. The van der Waals surface area contributed by atoms with Crippen LogP contribution in [0.5, 0.6) is 0 Å². The minimum Gasteiger partial charge on any atom is -0.319 e. The van der Waals surface area contributed by atoms with Crippen molar-refractivity contribution in [1.82, 2.24) is 9.97 Å². The molecule has 2 aromatic heterocycles. The topological polar surface area (TPSA) is 54.9 Å². The molecule has 0 aliphatic rings. The molecule has 1 N–H and O–H groups in total. The molecule has 0 aliphatic heterocycles. The highest BCUT2D eigenvalue weighted by molar-refractivity contribution is 6.29. The third kappa shape index (κ3) is 3.01. The molecule has 0 aliphatic carbocycles. The molecule has 0 saturated heterocycles. The van der Waals surface area contributed by atoms with Gasteiger partial charge in [0.15, 0.2) is 0 Å². The maximum Gasteiger partial charge on any atom is 0.274 e. The van der Waals surface area contributed by atoms with Gasteiger partial charge in [0, 0.05) is 6.20 Å². The normalized spacial score (nSPS) is 10.0. The number of hydrogen-bond acceptors (Lipinski definition) is 3. The van der Waals surface area contributed by atoms with Crippen molar-refractivity contribution < 1.29 is 4.79 Å². The van der Waals surface area contributed by atoms with Gasteiger partial charge in [0.1, 0.15) is 10.8 Å². The lowest BCUT2D eigenvalue weighted by Gasteiger charge is -2.04. The summed E-state index contributed by atoms with van der Waals surface area (Å²) in [7, 11) is 0. The maximum atomic E-state index is 11.8. The Kier molecular flexibility index (Phi) is 3.35. The second-order valence-corrected chi connectivity index (χ2v) is 3.94.